The Kier molecular flexibility index (Phi) is 19.5. The molecule has 0 aliphatic rings. The molecule has 0 saturated carbocycles. The maximum absolute atomic E-state index is 12.2. The van der Waals surface area contributed by atoms with E-state index in [9.17, 15) is 19.2 Å². The SMILES string of the molecule is CNC(=O)C(C)CC(=O)c1cc(I)c(I)cc1I.CNC(=O)C(C)N.O=C(O)c1cc(I)c(I)cc1I. The maximum Gasteiger partial charge on any atom is 0.336 e. The predicted molar refractivity (Wildman–Crippen MR) is 196 cm³/mol. The number of nitrogens with two attached hydrogens (primary N) is 1. The number of Topliss-reactive ketones (excluding diaryl/α,β-unsaturated/α-hetero) is 1. The molecule has 2 aromatic rings. The molecule has 0 fully saturated rings. The van der Waals surface area contributed by atoms with Gasteiger partial charge < -0.3 is 21.5 Å². The van der Waals surface area contributed by atoms with E-state index in [0.29, 0.717) is 11.1 Å². The van der Waals surface area contributed by atoms with Crippen LogP contribution >= 0.6 is 136 Å². The highest BCUT2D eigenvalue weighted by Crippen LogP contribution is 2.24. The Bertz CT molecular complexity index is 1140. The molecule has 2 aromatic carbocycles. The van der Waals surface area contributed by atoms with E-state index in [0.717, 1.165) is 21.4 Å². The van der Waals surface area contributed by atoms with Crippen LogP contribution in [0.2, 0.25) is 0 Å². The van der Waals surface area contributed by atoms with Crippen molar-refractivity contribution >= 4 is 159 Å². The maximum atomic E-state index is 12.2. The van der Waals surface area contributed by atoms with Crippen LogP contribution in [0, 0.1) is 27.3 Å². The number of carboxylic acid groups (broad SMARTS) is 1. The van der Waals surface area contributed by atoms with Gasteiger partial charge in [0.1, 0.15) is 0 Å². The Morgan fingerprint density at radius 2 is 1.11 bits per heavy atom. The van der Waals surface area contributed by atoms with Crippen molar-refractivity contribution < 1.29 is 24.3 Å². The van der Waals surface area contributed by atoms with Crippen molar-refractivity contribution in [3.63, 3.8) is 0 Å². The van der Waals surface area contributed by atoms with Crippen LogP contribution in [-0.4, -0.2) is 48.8 Å². The minimum atomic E-state index is -0.867. The highest BCUT2D eigenvalue weighted by atomic mass is 127. The molecule has 2 amide bonds. The Hall–Kier alpha value is 0.860. The van der Waals surface area contributed by atoms with Gasteiger partial charge in [-0.05, 0) is 167 Å². The van der Waals surface area contributed by atoms with Crippen molar-refractivity contribution in [2.75, 3.05) is 14.1 Å². The van der Waals surface area contributed by atoms with Crippen LogP contribution in [0.4, 0.5) is 0 Å². The zero-order chi connectivity index (χ0) is 29.0. The molecule has 0 saturated heterocycles. The topological polar surface area (TPSA) is 139 Å². The number of hydrogen-bond acceptors (Lipinski definition) is 5. The van der Waals surface area contributed by atoms with E-state index in [1.807, 2.05) is 40.8 Å². The van der Waals surface area contributed by atoms with Crippen molar-refractivity contribution in [1.29, 1.82) is 0 Å². The van der Waals surface area contributed by atoms with Gasteiger partial charge in [0.25, 0.3) is 0 Å². The number of aromatic carboxylic acids is 1. The summed E-state index contributed by atoms with van der Waals surface area (Å²) in [6, 6.07) is 7.05. The van der Waals surface area contributed by atoms with E-state index in [2.05, 4.69) is 124 Å². The average Bonchev–Trinajstić information content (AvgIpc) is 2.82. The lowest BCUT2D eigenvalue weighted by Crippen LogP contribution is -2.35. The van der Waals surface area contributed by atoms with Crippen LogP contribution in [0.5, 0.6) is 0 Å². The second-order valence-corrected chi connectivity index (χ2v) is 14.3. The lowest BCUT2D eigenvalue weighted by Gasteiger charge is -2.10. The third-order valence-corrected chi connectivity index (χ3v) is 11.8. The fourth-order valence-corrected chi connectivity index (χ4v) is 6.90. The third-order valence-electron chi connectivity index (χ3n) is 4.40. The first-order valence-corrected chi connectivity index (χ1v) is 16.8. The van der Waals surface area contributed by atoms with Crippen molar-refractivity contribution in [3.8, 4) is 0 Å². The van der Waals surface area contributed by atoms with Crippen LogP contribution in [0.1, 0.15) is 41.0 Å². The van der Waals surface area contributed by atoms with Crippen molar-refractivity contribution in [3.05, 3.63) is 56.8 Å². The van der Waals surface area contributed by atoms with Gasteiger partial charge in [0, 0.05) is 53.4 Å². The fraction of sp³-hybridized carbons (Fsp3) is 0.304. The van der Waals surface area contributed by atoms with Gasteiger partial charge in [-0.15, -0.1) is 0 Å². The van der Waals surface area contributed by atoms with Crippen molar-refractivity contribution in [2.45, 2.75) is 26.3 Å². The number of rotatable bonds is 6. The smallest absolute Gasteiger partial charge is 0.336 e. The Labute approximate surface area is 298 Å². The van der Waals surface area contributed by atoms with Crippen LogP contribution in [0.25, 0.3) is 0 Å². The van der Waals surface area contributed by atoms with Crippen LogP contribution < -0.4 is 16.4 Å². The number of amides is 2. The number of nitrogens with one attached hydrogen (secondary N) is 2. The van der Waals surface area contributed by atoms with Crippen molar-refractivity contribution in [1.82, 2.24) is 10.6 Å². The summed E-state index contributed by atoms with van der Waals surface area (Å²) in [6.45, 7) is 3.40. The number of likely N-dealkylation sites (N-methyl/N-ethyl adjacent to an activating group) is 1. The lowest BCUT2D eigenvalue weighted by atomic mass is 9.99. The summed E-state index contributed by atoms with van der Waals surface area (Å²) in [4.78, 5) is 44.5. The van der Waals surface area contributed by atoms with E-state index in [1.165, 1.54) is 0 Å². The Balaban J connectivity index is 0.000000586. The summed E-state index contributed by atoms with van der Waals surface area (Å²) < 4.78 is 5.98. The molecule has 2 rings (SSSR count). The summed E-state index contributed by atoms with van der Waals surface area (Å²) in [5.41, 5.74) is 6.21. The predicted octanol–water partition coefficient (Wildman–Crippen LogP) is 5.73. The van der Waals surface area contributed by atoms with Gasteiger partial charge in [0.2, 0.25) is 11.8 Å². The second kappa shape index (κ2) is 19.1. The fourth-order valence-electron chi connectivity index (χ4n) is 2.38. The molecule has 8 nitrogen and oxygen atoms in total. The molecule has 37 heavy (non-hydrogen) atoms. The molecular weight excluding hydrogens is 1160 g/mol. The van der Waals surface area contributed by atoms with E-state index in [4.69, 9.17) is 10.8 Å². The van der Waals surface area contributed by atoms with Gasteiger partial charge in [0.15, 0.2) is 5.78 Å². The van der Waals surface area contributed by atoms with Gasteiger partial charge in [-0.2, -0.15) is 0 Å². The number of carbonyl (C=O) groups excluding carboxylic acids is 3. The summed E-state index contributed by atoms with van der Waals surface area (Å²) >= 11 is 13.0. The number of halogens is 6. The molecule has 5 N–H and O–H groups in total. The molecule has 0 radical (unpaired) electrons. The first-order valence-electron chi connectivity index (χ1n) is 10.3. The molecule has 204 valence electrons. The van der Waals surface area contributed by atoms with E-state index >= 15 is 0 Å². The monoisotopic (exact) mass is 1180 g/mol. The standard InChI is InChI=1S/C12H12I3NO2.C7H3I3O2.C4H10N2O/c1-6(12(18)16-2)3-11(17)7-4-9(14)10(15)5-8(7)13;8-4-2-6(10)5(9)1-3(4)7(11)12;1-3(5)4(7)6-2/h4-6H,3H2,1-2H3,(H,16,18);1-2H,(H,11,12);3H,5H2,1-2H3,(H,6,7). The average molecular weight is 1180 g/mol. The lowest BCUT2D eigenvalue weighted by molar-refractivity contribution is -0.124. The minimum absolute atomic E-state index is 0.0183. The number of carboxylic acids is 1. The highest BCUT2D eigenvalue weighted by Gasteiger charge is 2.19. The molecule has 0 heterocycles. The van der Waals surface area contributed by atoms with Crippen molar-refractivity contribution in [2.24, 2.45) is 11.7 Å². The number of benzene rings is 2. The number of hydrogen-bond donors (Lipinski definition) is 4. The molecule has 0 aliphatic heterocycles. The largest absolute Gasteiger partial charge is 0.478 e. The third kappa shape index (κ3) is 13.9. The molecule has 0 aromatic heterocycles. The second-order valence-electron chi connectivity index (χ2n) is 7.34. The van der Waals surface area contributed by atoms with Gasteiger partial charge in [-0.3, -0.25) is 14.4 Å². The molecule has 14 heteroatoms. The summed E-state index contributed by atoms with van der Waals surface area (Å²) in [7, 11) is 3.15. The van der Waals surface area contributed by atoms with Crippen LogP contribution in [0.3, 0.4) is 0 Å². The molecule has 0 bridgehead atoms. The Morgan fingerprint density at radius 3 is 1.46 bits per heavy atom. The van der Waals surface area contributed by atoms with Gasteiger partial charge >= 0.3 is 5.97 Å². The zero-order valence-electron chi connectivity index (χ0n) is 20.1. The minimum Gasteiger partial charge on any atom is -0.478 e. The molecule has 0 aliphatic carbocycles. The zero-order valence-corrected chi connectivity index (χ0v) is 33.0. The first kappa shape index (κ1) is 37.9. The van der Waals surface area contributed by atoms with Gasteiger partial charge in [-0.1, -0.05) is 6.92 Å². The van der Waals surface area contributed by atoms with Gasteiger partial charge in [-0.25, -0.2) is 4.79 Å². The Morgan fingerprint density at radius 1 is 0.730 bits per heavy atom. The number of ketones is 1. The quantitative estimate of drug-likeness (QED) is 0.166. The summed E-state index contributed by atoms with van der Waals surface area (Å²) in [6.07, 6.45) is 0.242. The van der Waals surface area contributed by atoms with E-state index in [-0.39, 0.29) is 36.0 Å². The van der Waals surface area contributed by atoms with Crippen LogP contribution in [-0.2, 0) is 9.59 Å². The molecule has 2 atom stereocenters. The normalized spacial score (nSPS) is 11.5. The van der Waals surface area contributed by atoms with E-state index < -0.39 is 5.97 Å². The van der Waals surface area contributed by atoms with Gasteiger partial charge in [0.05, 0.1) is 11.6 Å². The first-order chi connectivity index (χ1) is 17.1. The van der Waals surface area contributed by atoms with Crippen LogP contribution in [0.15, 0.2) is 24.3 Å². The number of carbonyl (C=O) groups is 4. The summed E-state index contributed by atoms with van der Waals surface area (Å²) in [5, 5.41) is 13.7. The van der Waals surface area contributed by atoms with E-state index in [1.54, 1.807) is 34.0 Å². The molecular formula is C23H25I6N3O5. The molecule has 2 unspecified atom stereocenters. The highest BCUT2D eigenvalue weighted by molar-refractivity contribution is 14.1. The molecule has 0 spiro atoms. The summed E-state index contributed by atoms with van der Waals surface area (Å²) in [5.74, 6) is -1.37.